The summed E-state index contributed by atoms with van der Waals surface area (Å²) in [6.45, 7) is 11.5. The van der Waals surface area contributed by atoms with Crippen molar-refractivity contribution in [1.82, 2.24) is 4.90 Å². The summed E-state index contributed by atoms with van der Waals surface area (Å²) < 4.78 is 27.9. The average Bonchev–Trinajstić information content (AvgIpc) is 2.86. The maximum absolute atomic E-state index is 12.2. The Bertz CT molecular complexity index is 618. The van der Waals surface area contributed by atoms with Crippen LogP contribution in [0.5, 0.6) is 0 Å². The van der Waals surface area contributed by atoms with Gasteiger partial charge in [-0.1, -0.05) is 0 Å². The molecule has 3 atom stereocenters. The molecule has 210 valence electrons. The quantitative estimate of drug-likeness (QED) is 0.0547. The van der Waals surface area contributed by atoms with E-state index in [9.17, 15) is 4.79 Å². The molecule has 0 aromatic rings. The van der Waals surface area contributed by atoms with E-state index >= 15 is 0 Å². The Morgan fingerprint density at radius 3 is 2.19 bits per heavy atom. The molecule has 0 aliphatic carbocycles. The van der Waals surface area contributed by atoms with Crippen LogP contribution < -0.4 is 0 Å². The number of ether oxygens (including phenoxy) is 4. The second-order valence-electron chi connectivity index (χ2n) is 10.7. The van der Waals surface area contributed by atoms with Crippen molar-refractivity contribution < 1.29 is 23.7 Å². The maximum atomic E-state index is 12.2. The van der Waals surface area contributed by atoms with Gasteiger partial charge in [0.05, 0.1) is 0 Å². The standard InChI is InChI=1S/C17H28NO5.3C4H9.Sn/c1-5-6-7-16(22-13-21-11-10-20-4)15-12-18(3)9-8-17(15)23-14(2)19;3*1-3-4-2;/h1,15,17H,6-13H2,2-4H3;3*1,3-4H2,2H3;. The normalized spacial score (nSPS) is 20.6. The van der Waals surface area contributed by atoms with Gasteiger partial charge in [0.2, 0.25) is 0 Å². The number of unbranched alkanes of at least 4 members (excludes halogenated alkanes) is 3. The van der Waals surface area contributed by atoms with E-state index in [1.54, 1.807) is 7.11 Å². The van der Waals surface area contributed by atoms with Crippen molar-refractivity contribution in [2.45, 2.75) is 109 Å². The molecular formula is C29H55NO5Sn. The third-order valence-corrected chi connectivity index (χ3v) is 26.6. The van der Waals surface area contributed by atoms with Crippen LogP contribution in [-0.4, -0.2) is 86.2 Å². The molecule has 6 nitrogen and oxygen atoms in total. The first-order valence-corrected chi connectivity index (χ1v) is 21.8. The fraction of sp³-hybridized carbons (Fsp3) is 0.897. The first-order valence-electron chi connectivity index (χ1n) is 14.4. The van der Waals surface area contributed by atoms with Crippen LogP contribution in [0.4, 0.5) is 0 Å². The van der Waals surface area contributed by atoms with Crippen molar-refractivity contribution in [3.8, 4) is 12.3 Å². The first kappa shape index (κ1) is 33.7. The molecule has 0 amide bonds. The number of hydrogen-bond donors (Lipinski definition) is 0. The average molecular weight is 616 g/mol. The molecule has 0 aromatic carbocycles. The number of terminal acetylenes is 1. The first-order chi connectivity index (χ1) is 17.4. The van der Waals surface area contributed by atoms with Crippen LogP contribution in [-0.2, 0) is 23.7 Å². The summed E-state index contributed by atoms with van der Waals surface area (Å²) in [5.41, 5.74) is 0. The van der Waals surface area contributed by atoms with E-state index < -0.39 is 18.4 Å². The number of piperidine rings is 1. The fourth-order valence-corrected chi connectivity index (χ4v) is 26.8. The number of rotatable bonds is 20. The predicted octanol–water partition coefficient (Wildman–Crippen LogP) is 6.05. The molecule has 1 rings (SSSR count). The van der Waals surface area contributed by atoms with E-state index in [4.69, 9.17) is 25.4 Å². The minimum absolute atomic E-state index is 0.112. The van der Waals surface area contributed by atoms with Crippen LogP contribution in [0.2, 0.25) is 13.3 Å². The van der Waals surface area contributed by atoms with E-state index in [2.05, 4.69) is 38.6 Å². The number of nitrogens with zero attached hydrogens (tertiary/aromatic N) is 1. The molecule has 0 aromatic heterocycles. The Hall–Kier alpha value is -0.331. The van der Waals surface area contributed by atoms with Crippen molar-refractivity contribution in [2.24, 2.45) is 5.92 Å². The SMILES string of the molecule is C#CCC[C](OCOCCOC)(C1CN(C)CCC1OC(C)=O)[Sn]([CH2]CCC)([CH2]CCC)[CH2]CCC. The number of carbonyl (C=O) groups is 1. The van der Waals surface area contributed by atoms with E-state index in [0.29, 0.717) is 19.6 Å². The Morgan fingerprint density at radius 2 is 1.69 bits per heavy atom. The van der Waals surface area contributed by atoms with Crippen molar-refractivity contribution in [3.63, 3.8) is 0 Å². The number of methoxy groups -OCH3 is 1. The van der Waals surface area contributed by atoms with Gasteiger partial charge in [-0.3, -0.25) is 0 Å². The Labute approximate surface area is 226 Å². The van der Waals surface area contributed by atoms with Gasteiger partial charge >= 0.3 is 227 Å². The molecule has 0 spiro atoms. The van der Waals surface area contributed by atoms with Crippen LogP contribution in [0.25, 0.3) is 0 Å². The van der Waals surface area contributed by atoms with Crippen LogP contribution >= 0.6 is 0 Å². The zero-order chi connectivity index (χ0) is 26.9. The van der Waals surface area contributed by atoms with Crippen LogP contribution in [0.3, 0.4) is 0 Å². The molecule has 0 radical (unpaired) electrons. The van der Waals surface area contributed by atoms with Crippen molar-refractivity contribution in [1.29, 1.82) is 0 Å². The van der Waals surface area contributed by atoms with E-state index in [1.165, 1.54) is 58.8 Å². The topological polar surface area (TPSA) is 57.2 Å². The van der Waals surface area contributed by atoms with Crippen LogP contribution in [0, 0.1) is 18.3 Å². The van der Waals surface area contributed by atoms with Crippen molar-refractivity contribution >= 4 is 24.3 Å². The van der Waals surface area contributed by atoms with E-state index in [1.807, 2.05) is 0 Å². The van der Waals surface area contributed by atoms with Gasteiger partial charge in [-0.25, -0.2) is 0 Å². The van der Waals surface area contributed by atoms with Gasteiger partial charge in [0.25, 0.3) is 0 Å². The molecular weight excluding hydrogens is 561 g/mol. The molecule has 3 unspecified atom stereocenters. The Balaban J connectivity index is 3.71. The fourth-order valence-electron chi connectivity index (χ4n) is 6.23. The number of likely N-dealkylation sites (tertiary alicyclic amines) is 1. The summed E-state index contributed by atoms with van der Waals surface area (Å²) in [4.78, 5) is 14.6. The van der Waals surface area contributed by atoms with Gasteiger partial charge in [0.1, 0.15) is 0 Å². The molecule has 0 N–H and O–H groups in total. The molecule has 1 heterocycles. The van der Waals surface area contributed by atoms with Crippen molar-refractivity contribution in [2.75, 3.05) is 47.3 Å². The third-order valence-electron chi connectivity index (χ3n) is 8.07. The van der Waals surface area contributed by atoms with Crippen LogP contribution in [0.1, 0.15) is 85.5 Å². The molecule has 0 saturated carbocycles. The molecule has 36 heavy (non-hydrogen) atoms. The summed E-state index contributed by atoms with van der Waals surface area (Å²) in [5, 5.41) is 0. The molecule has 1 aliphatic heterocycles. The summed E-state index contributed by atoms with van der Waals surface area (Å²) in [5.74, 6) is 2.86. The minimum atomic E-state index is -3.14. The van der Waals surface area contributed by atoms with E-state index in [0.717, 1.165) is 25.9 Å². The molecule has 1 fully saturated rings. The summed E-state index contributed by atoms with van der Waals surface area (Å²) in [6.07, 6.45) is 15.4. The van der Waals surface area contributed by atoms with Gasteiger partial charge in [0.15, 0.2) is 0 Å². The van der Waals surface area contributed by atoms with Crippen LogP contribution in [0.15, 0.2) is 0 Å². The Kier molecular flexibility index (Phi) is 17.6. The van der Waals surface area contributed by atoms with Gasteiger partial charge < -0.3 is 0 Å². The van der Waals surface area contributed by atoms with Gasteiger partial charge in [-0.2, -0.15) is 0 Å². The molecule has 7 heteroatoms. The third kappa shape index (κ3) is 10.1. The van der Waals surface area contributed by atoms with Crippen molar-refractivity contribution in [3.05, 3.63) is 0 Å². The number of hydrogen-bond acceptors (Lipinski definition) is 6. The van der Waals surface area contributed by atoms with Gasteiger partial charge in [0, 0.05) is 0 Å². The molecule has 0 bridgehead atoms. The molecule has 1 saturated heterocycles. The number of carbonyl (C=O) groups excluding carboxylic acids is 1. The van der Waals surface area contributed by atoms with Gasteiger partial charge in [-0.05, 0) is 0 Å². The summed E-state index contributed by atoms with van der Waals surface area (Å²) in [6, 6.07) is 0. The second-order valence-corrected chi connectivity index (χ2v) is 24.7. The monoisotopic (exact) mass is 617 g/mol. The van der Waals surface area contributed by atoms with E-state index in [-0.39, 0.29) is 28.4 Å². The van der Waals surface area contributed by atoms with Gasteiger partial charge in [-0.15, -0.1) is 0 Å². The second kappa shape index (κ2) is 18.8. The summed E-state index contributed by atoms with van der Waals surface area (Å²) in [7, 11) is 3.87. The number of esters is 1. The molecule has 1 aliphatic rings. The Morgan fingerprint density at radius 1 is 1.08 bits per heavy atom. The zero-order valence-electron chi connectivity index (χ0n) is 24.2. The zero-order valence-corrected chi connectivity index (χ0v) is 27.1. The summed E-state index contributed by atoms with van der Waals surface area (Å²) >= 11 is -3.14. The predicted molar refractivity (Wildman–Crippen MR) is 151 cm³/mol.